The minimum atomic E-state index is -0.482. The number of non-ortho nitro benzene ring substituents is 1. The van der Waals surface area contributed by atoms with Crippen LogP contribution in [0.5, 0.6) is 0 Å². The van der Waals surface area contributed by atoms with E-state index in [0.29, 0.717) is 40.9 Å². The zero-order chi connectivity index (χ0) is 25.4. The van der Waals surface area contributed by atoms with E-state index in [-0.39, 0.29) is 49.5 Å². The second-order valence-electron chi connectivity index (χ2n) is 7.81. The predicted molar refractivity (Wildman–Crippen MR) is 130 cm³/mol. The molecule has 2 aromatic carbocycles. The van der Waals surface area contributed by atoms with Gasteiger partial charge in [-0.05, 0) is 42.3 Å². The number of aliphatic hydroxyl groups excluding tert-OH is 1. The summed E-state index contributed by atoms with van der Waals surface area (Å²) in [7, 11) is 0. The fraction of sp³-hybridized carbons (Fsp3) is 0.292. The Kier molecular flexibility index (Phi) is 8.65. The van der Waals surface area contributed by atoms with Crippen molar-refractivity contribution in [1.29, 1.82) is 0 Å². The lowest BCUT2D eigenvalue weighted by atomic mass is 10.0. The molecule has 4 N–H and O–H groups in total. The number of fused-ring (bicyclic) bond motifs is 1. The first-order valence-corrected chi connectivity index (χ1v) is 11.1. The third kappa shape index (κ3) is 6.71. The third-order valence-corrected chi connectivity index (χ3v) is 5.12. The topological polar surface area (TPSA) is 160 Å². The van der Waals surface area contributed by atoms with Gasteiger partial charge in [-0.1, -0.05) is 13.0 Å². The van der Waals surface area contributed by atoms with Crippen LogP contribution >= 0.6 is 0 Å². The van der Waals surface area contributed by atoms with E-state index in [2.05, 4.69) is 10.3 Å². The first-order valence-electron chi connectivity index (χ1n) is 11.1. The number of benzene rings is 2. The highest BCUT2D eigenvalue weighted by Gasteiger charge is 2.23. The largest absolute Gasteiger partial charge is 0.395 e. The quantitative estimate of drug-likeness (QED) is 0.347. The van der Waals surface area contributed by atoms with Gasteiger partial charge in [0.25, 0.3) is 17.5 Å². The number of hydrogen-bond donors (Lipinski definition) is 3. The average molecular weight is 482 g/mol. The lowest BCUT2D eigenvalue weighted by Gasteiger charge is -2.22. The Morgan fingerprint density at radius 1 is 1.26 bits per heavy atom. The molecule has 2 amide bonds. The number of rotatable bonds is 10. The molecule has 0 aromatic heterocycles. The number of carbonyl (C=O) groups excluding carboxylic acids is 2. The van der Waals surface area contributed by atoms with Crippen molar-refractivity contribution in [1.82, 2.24) is 10.4 Å². The number of hydroxylamine groups is 2. The fourth-order valence-electron chi connectivity index (χ4n) is 3.40. The summed E-state index contributed by atoms with van der Waals surface area (Å²) in [6.07, 6.45) is 2.42. The fourth-order valence-corrected chi connectivity index (χ4v) is 3.40. The van der Waals surface area contributed by atoms with Crippen molar-refractivity contribution in [2.75, 3.05) is 19.7 Å². The summed E-state index contributed by atoms with van der Waals surface area (Å²) < 4.78 is 0. The van der Waals surface area contributed by atoms with Gasteiger partial charge in [-0.15, -0.1) is 0 Å². The summed E-state index contributed by atoms with van der Waals surface area (Å²) in [6, 6.07) is 10.8. The second-order valence-corrected chi connectivity index (χ2v) is 7.81. The number of nitrogens with zero attached hydrogens (tertiary/aromatic N) is 3. The summed E-state index contributed by atoms with van der Waals surface area (Å²) in [6.45, 7) is 2.26. The van der Waals surface area contributed by atoms with Crippen LogP contribution in [0.15, 0.2) is 53.0 Å². The van der Waals surface area contributed by atoms with Gasteiger partial charge in [0.15, 0.2) is 0 Å². The molecule has 11 nitrogen and oxygen atoms in total. The van der Waals surface area contributed by atoms with Gasteiger partial charge < -0.3 is 16.2 Å². The van der Waals surface area contributed by atoms with Gasteiger partial charge in [-0.25, -0.2) is 10.1 Å². The first kappa shape index (κ1) is 25.5. The molecule has 11 heteroatoms. The van der Waals surface area contributed by atoms with E-state index >= 15 is 0 Å². The normalized spacial score (nSPS) is 12.6. The summed E-state index contributed by atoms with van der Waals surface area (Å²) in [5.74, 6) is -0.512. The van der Waals surface area contributed by atoms with Crippen molar-refractivity contribution in [3.05, 3.63) is 74.8 Å². The van der Waals surface area contributed by atoms with Crippen LogP contribution in [-0.4, -0.2) is 52.4 Å². The number of carbonyl (C=O) groups is 2. The molecule has 2 aromatic rings. The van der Waals surface area contributed by atoms with Crippen molar-refractivity contribution in [3.8, 4) is 0 Å². The number of aliphatic imine (C=N–C) groups is 1. The number of hydrogen-bond acceptors (Lipinski definition) is 8. The highest BCUT2D eigenvalue weighted by atomic mass is 16.7. The minimum Gasteiger partial charge on any atom is -0.395 e. The van der Waals surface area contributed by atoms with Crippen LogP contribution in [0.1, 0.15) is 41.3 Å². The standard InChI is InChI=1S/C24H27N5O6/c1-2-10-28(35-15-16-3-7-20(8-4-16)29(33)34)24(32)19-12-17-5-6-18(23(31)26-9-11-30)13-21(17)27-22(25)14-19/h3-8,12-13,30H,2,9-11,14-15H2,1H3,(H2,25,27)(H,26,31). The van der Waals surface area contributed by atoms with Gasteiger partial charge in [0, 0.05) is 48.3 Å². The molecular weight excluding hydrogens is 454 g/mol. The molecule has 0 saturated heterocycles. The molecule has 0 bridgehead atoms. The number of nitrogens with two attached hydrogens (primary N) is 1. The van der Waals surface area contributed by atoms with Crippen LogP contribution < -0.4 is 11.1 Å². The predicted octanol–water partition coefficient (Wildman–Crippen LogP) is 2.46. The zero-order valence-electron chi connectivity index (χ0n) is 19.3. The summed E-state index contributed by atoms with van der Waals surface area (Å²) in [5, 5.41) is 23.6. The van der Waals surface area contributed by atoms with Gasteiger partial charge in [-0.2, -0.15) is 0 Å². The molecule has 0 atom stereocenters. The van der Waals surface area contributed by atoms with E-state index in [0.717, 1.165) is 0 Å². The minimum absolute atomic E-state index is 0.0266. The van der Waals surface area contributed by atoms with Crippen LogP contribution in [0.2, 0.25) is 0 Å². The SMILES string of the molecule is CCCN(OCc1ccc([N+](=O)[O-])cc1)C(=O)C1=Cc2ccc(C(=O)NCCO)cc2N=C(N)C1. The van der Waals surface area contributed by atoms with E-state index in [1.165, 1.54) is 17.2 Å². The molecule has 1 aliphatic rings. The maximum absolute atomic E-state index is 13.3. The Hall–Kier alpha value is -4.09. The van der Waals surface area contributed by atoms with E-state index in [4.69, 9.17) is 15.7 Å². The molecule has 1 aliphatic heterocycles. The monoisotopic (exact) mass is 481 g/mol. The maximum Gasteiger partial charge on any atom is 0.273 e. The Labute approximate surface area is 202 Å². The Balaban J connectivity index is 1.79. The highest BCUT2D eigenvalue weighted by molar-refractivity contribution is 6.05. The summed E-state index contributed by atoms with van der Waals surface area (Å²) in [5.41, 5.74) is 8.53. The van der Waals surface area contributed by atoms with Gasteiger partial charge in [0.2, 0.25) is 0 Å². The van der Waals surface area contributed by atoms with Crippen molar-refractivity contribution < 1.29 is 24.5 Å². The Bertz CT molecular complexity index is 1160. The Morgan fingerprint density at radius 3 is 2.66 bits per heavy atom. The van der Waals surface area contributed by atoms with Crippen LogP contribution in [-0.2, 0) is 16.2 Å². The van der Waals surface area contributed by atoms with E-state index in [1.807, 2.05) is 6.92 Å². The molecule has 0 fully saturated rings. The molecule has 0 radical (unpaired) electrons. The van der Waals surface area contributed by atoms with Crippen LogP contribution in [0.4, 0.5) is 11.4 Å². The van der Waals surface area contributed by atoms with E-state index in [1.54, 1.807) is 36.4 Å². The van der Waals surface area contributed by atoms with Gasteiger partial charge in [0.1, 0.15) is 12.4 Å². The molecule has 3 rings (SSSR count). The summed E-state index contributed by atoms with van der Waals surface area (Å²) >= 11 is 0. The molecular formula is C24H27N5O6. The molecule has 1 heterocycles. The molecule has 0 saturated carbocycles. The lowest BCUT2D eigenvalue weighted by molar-refractivity contribution is -0.384. The smallest absolute Gasteiger partial charge is 0.273 e. The molecule has 184 valence electrons. The molecule has 0 unspecified atom stereocenters. The van der Waals surface area contributed by atoms with Gasteiger partial charge in [-0.3, -0.25) is 24.5 Å². The third-order valence-electron chi connectivity index (χ3n) is 5.12. The second kappa shape index (κ2) is 11.9. The molecule has 0 spiro atoms. The maximum atomic E-state index is 13.3. The van der Waals surface area contributed by atoms with E-state index < -0.39 is 4.92 Å². The number of amidine groups is 1. The average Bonchev–Trinajstić information content (AvgIpc) is 3.02. The first-order chi connectivity index (χ1) is 16.8. The van der Waals surface area contributed by atoms with Gasteiger partial charge >= 0.3 is 0 Å². The molecule has 35 heavy (non-hydrogen) atoms. The number of amides is 2. The number of nitrogens with one attached hydrogen (secondary N) is 1. The number of nitro groups is 1. The number of aliphatic hydroxyl groups is 1. The van der Waals surface area contributed by atoms with Crippen molar-refractivity contribution >= 4 is 35.1 Å². The van der Waals surface area contributed by atoms with Crippen molar-refractivity contribution in [3.63, 3.8) is 0 Å². The highest BCUT2D eigenvalue weighted by Crippen LogP contribution is 2.28. The zero-order valence-corrected chi connectivity index (χ0v) is 19.3. The van der Waals surface area contributed by atoms with E-state index in [9.17, 15) is 19.7 Å². The Morgan fingerprint density at radius 2 is 2.00 bits per heavy atom. The number of nitro benzene ring substituents is 1. The van der Waals surface area contributed by atoms with Crippen molar-refractivity contribution in [2.45, 2.75) is 26.4 Å². The summed E-state index contributed by atoms with van der Waals surface area (Å²) in [4.78, 5) is 46.0. The van der Waals surface area contributed by atoms with Gasteiger partial charge in [0.05, 0.1) is 17.2 Å². The van der Waals surface area contributed by atoms with Crippen LogP contribution in [0, 0.1) is 10.1 Å². The molecule has 0 aliphatic carbocycles. The van der Waals surface area contributed by atoms with Crippen LogP contribution in [0.25, 0.3) is 6.08 Å². The van der Waals surface area contributed by atoms with Crippen LogP contribution in [0.3, 0.4) is 0 Å². The lowest BCUT2D eigenvalue weighted by Crippen LogP contribution is -2.34. The van der Waals surface area contributed by atoms with Crippen molar-refractivity contribution in [2.24, 2.45) is 10.7 Å².